The fraction of sp³-hybridized carbons (Fsp3) is 0.133. The van der Waals surface area contributed by atoms with Gasteiger partial charge in [0.2, 0.25) is 0 Å². The highest BCUT2D eigenvalue weighted by molar-refractivity contribution is 7.90. The number of benzene rings is 2. The van der Waals surface area contributed by atoms with Gasteiger partial charge < -0.3 is 5.32 Å². The Morgan fingerprint density at radius 2 is 1.78 bits per heavy atom. The molecule has 3 rings (SSSR count). The van der Waals surface area contributed by atoms with Gasteiger partial charge in [-0.1, -0.05) is 53.0 Å². The van der Waals surface area contributed by atoms with Crippen LogP contribution in [0.4, 0.5) is 10.5 Å². The number of anilines is 1. The number of carbonyl (C=O) groups is 1. The third-order valence-electron chi connectivity index (χ3n) is 3.47. The van der Waals surface area contributed by atoms with Crippen molar-refractivity contribution in [2.24, 2.45) is 0 Å². The Balaban J connectivity index is 2.06. The van der Waals surface area contributed by atoms with E-state index in [9.17, 15) is 13.2 Å². The minimum atomic E-state index is -4.06. The average molecular weight is 371 g/mol. The summed E-state index contributed by atoms with van der Waals surface area (Å²) in [5, 5.41) is 2.74. The Kier molecular flexibility index (Phi) is 4.00. The third-order valence-corrected chi connectivity index (χ3v) is 5.93. The molecule has 8 heteroatoms. The second-order valence-electron chi connectivity index (χ2n) is 5.19. The minimum Gasteiger partial charge on any atom is -0.306 e. The normalized spacial score (nSPS) is 16.0. The molecule has 0 bridgehead atoms. The molecule has 0 spiro atoms. The van der Waals surface area contributed by atoms with E-state index in [1.807, 2.05) is 19.1 Å². The van der Waals surface area contributed by atoms with E-state index in [0.29, 0.717) is 5.56 Å². The number of halogens is 2. The maximum atomic E-state index is 12.8. The van der Waals surface area contributed by atoms with Gasteiger partial charge in [-0.25, -0.2) is 17.5 Å². The monoisotopic (exact) mass is 370 g/mol. The van der Waals surface area contributed by atoms with Crippen LogP contribution in [0.15, 0.2) is 41.3 Å². The predicted octanol–water partition coefficient (Wildman–Crippen LogP) is 4.04. The van der Waals surface area contributed by atoms with E-state index in [1.165, 1.54) is 12.1 Å². The maximum absolute atomic E-state index is 12.8. The quantitative estimate of drug-likeness (QED) is 0.867. The number of urea groups is 1. The molecule has 2 amide bonds. The van der Waals surface area contributed by atoms with Crippen LogP contribution < -0.4 is 5.32 Å². The highest BCUT2D eigenvalue weighted by Gasteiger charge is 2.38. The van der Waals surface area contributed by atoms with Gasteiger partial charge in [-0.2, -0.15) is 0 Å². The standard InChI is InChI=1S/C15H12Cl2N2O3S/c1-9-2-4-10(5-3-9)8-19-15(20)18-13-7-11(16)6-12(17)14(13)23(19,21)22/h2-7H,8H2,1H3,(H,18,20). The van der Waals surface area contributed by atoms with Crippen LogP contribution in [-0.4, -0.2) is 18.8 Å². The van der Waals surface area contributed by atoms with Gasteiger partial charge in [0.05, 0.1) is 17.3 Å². The van der Waals surface area contributed by atoms with Gasteiger partial charge in [-0.05, 0) is 24.6 Å². The molecule has 0 fully saturated rings. The van der Waals surface area contributed by atoms with Gasteiger partial charge in [0.1, 0.15) is 4.90 Å². The molecular weight excluding hydrogens is 359 g/mol. The first-order valence-electron chi connectivity index (χ1n) is 6.67. The van der Waals surface area contributed by atoms with Crippen LogP contribution in [0.5, 0.6) is 0 Å². The summed E-state index contributed by atoms with van der Waals surface area (Å²) in [5.41, 5.74) is 1.83. The van der Waals surface area contributed by atoms with Gasteiger partial charge in [0.15, 0.2) is 0 Å². The molecule has 0 unspecified atom stereocenters. The lowest BCUT2D eigenvalue weighted by Gasteiger charge is -2.29. The zero-order valence-corrected chi connectivity index (χ0v) is 14.3. The van der Waals surface area contributed by atoms with Crippen LogP contribution in [0.2, 0.25) is 10.0 Å². The number of fused-ring (bicyclic) bond motifs is 1. The van der Waals surface area contributed by atoms with Crippen molar-refractivity contribution in [3.05, 3.63) is 57.6 Å². The molecular formula is C15H12Cl2N2O3S. The van der Waals surface area contributed by atoms with Crippen LogP contribution in [-0.2, 0) is 16.6 Å². The van der Waals surface area contributed by atoms with E-state index in [1.54, 1.807) is 12.1 Å². The minimum absolute atomic E-state index is 0.0265. The molecule has 120 valence electrons. The van der Waals surface area contributed by atoms with Crippen LogP contribution in [0.1, 0.15) is 11.1 Å². The van der Waals surface area contributed by atoms with Crippen molar-refractivity contribution < 1.29 is 13.2 Å². The van der Waals surface area contributed by atoms with Crippen molar-refractivity contribution in [1.29, 1.82) is 0 Å². The first-order valence-corrected chi connectivity index (χ1v) is 8.87. The summed E-state index contributed by atoms with van der Waals surface area (Å²) in [7, 11) is -4.06. The molecule has 1 N–H and O–H groups in total. The van der Waals surface area contributed by atoms with E-state index in [2.05, 4.69) is 5.32 Å². The van der Waals surface area contributed by atoms with E-state index < -0.39 is 16.1 Å². The lowest BCUT2D eigenvalue weighted by molar-refractivity contribution is 0.233. The summed E-state index contributed by atoms with van der Waals surface area (Å²) >= 11 is 11.9. The van der Waals surface area contributed by atoms with Gasteiger partial charge >= 0.3 is 6.03 Å². The summed E-state index contributed by atoms with van der Waals surface area (Å²) in [5.74, 6) is 0. The molecule has 1 heterocycles. The number of aryl methyl sites for hydroxylation is 1. The molecule has 0 aromatic heterocycles. The first kappa shape index (κ1) is 16.1. The number of carbonyl (C=O) groups excluding carboxylic acids is 1. The Labute approximate surface area is 143 Å². The molecule has 0 aliphatic carbocycles. The van der Waals surface area contributed by atoms with Crippen molar-refractivity contribution in [3.63, 3.8) is 0 Å². The second kappa shape index (κ2) is 5.70. The Morgan fingerprint density at radius 1 is 1.13 bits per heavy atom. The zero-order chi connectivity index (χ0) is 16.8. The smallest absolute Gasteiger partial charge is 0.306 e. The number of hydrogen-bond donors (Lipinski definition) is 1. The van der Waals surface area contributed by atoms with Crippen LogP contribution in [0.3, 0.4) is 0 Å². The SMILES string of the molecule is Cc1ccc(CN2C(=O)Nc3cc(Cl)cc(Cl)c3S2(=O)=O)cc1. The summed E-state index contributed by atoms with van der Waals surface area (Å²) in [6.45, 7) is 1.85. The maximum Gasteiger partial charge on any atom is 0.336 e. The number of sulfonamides is 1. The van der Waals surface area contributed by atoms with Gasteiger partial charge in [-0.15, -0.1) is 0 Å². The first-order chi connectivity index (χ1) is 10.8. The van der Waals surface area contributed by atoms with Crippen molar-refractivity contribution in [1.82, 2.24) is 4.31 Å². The van der Waals surface area contributed by atoms with E-state index in [-0.39, 0.29) is 27.2 Å². The van der Waals surface area contributed by atoms with E-state index in [0.717, 1.165) is 9.87 Å². The molecule has 5 nitrogen and oxygen atoms in total. The Hall–Kier alpha value is -1.76. The third kappa shape index (κ3) is 2.89. The molecule has 2 aromatic carbocycles. The topological polar surface area (TPSA) is 66.5 Å². The highest BCUT2D eigenvalue weighted by Crippen LogP contribution is 2.38. The molecule has 23 heavy (non-hydrogen) atoms. The Bertz CT molecular complexity index is 896. The summed E-state index contributed by atoms with van der Waals surface area (Å²) in [6.07, 6.45) is 0. The Morgan fingerprint density at radius 3 is 2.43 bits per heavy atom. The number of rotatable bonds is 2. The van der Waals surface area contributed by atoms with E-state index in [4.69, 9.17) is 23.2 Å². The fourth-order valence-electron chi connectivity index (χ4n) is 2.33. The number of amides is 2. The van der Waals surface area contributed by atoms with Crippen molar-refractivity contribution >= 4 is 44.9 Å². The average Bonchev–Trinajstić information content (AvgIpc) is 2.43. The van der Waals surface area contributed by atoms with E-state index >= 15 is 0 Å². The van der Waals surface area contributed by atoms with Gasteiger partial charge in [-0.3, -0.25) is 0 Å². The predicted molar refractivity (Wildman–Crippen MR) is 89.4 cm³/mol. The summed E-state index contributed by atoms with van der Waals surface area (Å²) < 4.78 is 26.3. The fourth-order valence-corrected chi connectivity index (χ4v) is 4.61. The zero-order valence-electron chi connectivity index (χ0n) is 12.0. The number of hydrogen-bond acceptors (Lipinski definition) is 3. The highest BCUT2D eigenvalue weighted by atomic mass is 35.5. The molecule has 0 atom stereocenters. The molecule has 0 saturated carbocycles. The summed E-state index contributed by atoms with van der Waals surface area (Å²) in [6, 6.07) is 9.21. The van der Waals surface area contributed by atoms with Crippen molar-refractivity contribution in [2.45, 2.75) is 18.4 Å². The molecule has 0 saturated heterocycles. The molecule has 2 aromatic rings. The lowest BCUT2D eigenvalue weighted by Crippen LogP contribution is -2.43. The lowest BCUT2D eigenvalue weighted by atomic mass is 10.1. The van der Waals surface area contributed by atoms with Crippen LogP contribution in [0, 0.1) is 6.92 Å². The van der Waals surface area contributed by atoms with Crippen LogP contribution >= 0.6 is 23.2 Å². The second-order valence-corrected chi connectivity index (χ2v) is 7.83. The molecule has 1 aliphatic rings. The van der Waals surface area contributed by atoms with Gasteiger partial charge in [0.25, 0.3) is 10.0 Å². The largest absolute Gasteiger partial charge is 0.336 e. The molecule has 0 radical (unpaired) electrons. The number of nitrogens with one attached hydrogen (secondary N) is 1. The molecule has 1 aliphatic heterocycles. The van der Waals surface area contributed by atoms with Gasteiger partial charge in [0, 0.05) is 5.02 Å². The van der Waals surface area contributed by atoms with Crippen molar-refractivity contribution in [2.75, 3.05) is 5.32 Å². The summed E-state index contributed by atoms with van der Waals surface area (Å²) in [4.78, 5) is 12.1. The van der Waals surface area contributed by atoms with Crippen LogP contribution in [0.25, 0.3) is 0 Å². The number of nitrogens with zero attached hydrogens (tertiary/aromatic N) is 1. The van der Waals surface area contributed by atoms with Crippen molar-refractivity contribution in [3.8, 4) is 0 Å².